The van der Waals surface area contributed by atoms with Crippen molar-refractivity contribution in [2.45, 2.75) is 4.90 Å². The first-order chi connectivity index (χ1) is 11.2. The van der Waals surface area contributed by atoms with Gasteiger partial charge in [0, 0.05) is 10.6 Å². The smallest absolute Gasteiger partial charge is 0.259 e. The molecule has 2 aromatic carbocycles. The molecule has 0 saturated carbocycles. The molecule has 0 fully saturated rings. The first-order valence-corrected chi connectivity index (χ1v) is 8.27. The number of hydrogen-bond acceptors (Lipinski definition) is 5. The number of benzene rings is 2. The van der Waals surface area contributed by atoms with Crippen LogP contribution in [0.2, 0.25) is 0 Å². The van der Waals surface area contributed by atoms with E-state index in [1.165, 1.54) is 4.90 Å². The Balaban J connectivity index is 1.76. The number of nitrogens with one attached hydrogen (secondary N) is 2. The van der Waals surface area contributed by atoms with Crippen LogP contribution in [0, 0.1) is 0 Å². The monoisotopic (exact) mass is 329 g/mol. The maximum Gasteiger partial charge on any atom is 0.259 e. The van der Waals surface area contributed by atoms with Crippen LogP contribution in [0.5, 0.6) is 5.75 Å². The normalized spacial score (nSPS) is 10.5. The third-order valence-electron chi connectivity index (χ3n) is 3.06. The standard InChI is InChI=1S/C17H19N3O2S/c1-22-15-7-5-14(6-8-15)18-12-17(21)20-19-11-13-3-9-16(23-2)10-4-13/h3-11,18H,12H2,1-2H3,(H,20,21)/b19-11-. The van der Waals surface area contributed by atoms with Crippen LogP contribution in [-0.2, 0) is 4.79 Å². The highest BCUT2D eigenvalue weighted by Gasteiger charge is 1.99. The molecule has 0 spiro atoms. The Kier molecular flexibility index (Phi) is 6.50. The van der Waals surface area contributed by atoms with E-state index >= 15 is 0 Å². The summed E-state index contributed by atoms with van der Waals surface area (Å²) in [6, 6.07) is 15.3. The molecule has 23 heavy (non-hydrogen) atoms. The highest BCUT2D eigenvalue weighted by molar-refractivity contribution is 7.98. The van der Waals surface area contributed by atoms with Gasteiger partial charge < -0.3 is 10.1 Å². The van der Waals surface area contributed by atoms with Crippen molar-refractivity contribution in [3.63, 3.8) is 0 Å². The van der Waals surface area contributed by atoms with Crippen LogP contribution in [0.4, 0.5) is 5.69 Å². The number of hydrogen-bond donors (Lipinski definition) is 2. The van der Waals surface area contributed by atoms with E-state index in [-0.39, 0.29) is 12.5 Å². The third kappa shape index (κ3) is 5.67. The molecular weight excluding hydrogens is 310 g/mol. The Morgan fingerprint density at radius 3 is 2.48 bits per heavy atom. The molecule has 6 heteroatoms. The van der Waals surface area contributed by atoms with E-state index < -0.39 is 0 Å². The van der Waals surface area contributed by atoms with Gasteiger partial charge in [0.1, 0.15) is 5.75 Å². The Labute approximate surface area is 140 Å². The molecule has 0 saturated heterocycles. The molecule has 0 aliphatic heterocycles. The second kappa shape index (κ2) is 8.85. The van der Waals surface area contributed by atoms with Crippen LogP contribution in [0.25, 0.3) is 0 Å². The van der Waals surface area contributed by atoms with Gasteiger partial charge in [-0.3, -0.25) is 4.79 Å². The lowest BCUT2D eigenvalue weighted by atomic mass is 10.2. The number of methoxy groups -OCH3 is 1. The van der Waals surface area contributed by atoms with Crippen molar-refractivity contribution in [2.75, 3.05) is 25.2 Å². The van der Waals surface area contributed by atoms with Crippen LogP contribution < -0.4 is 15.5 Å². The van der Waals surface area contributed by atoms with E-state index in [1.54, 1.807) is 25.1 Å². The molecule has 0 unspecified atom stereocenters. The predicted molar refractivity (Wildman–Crippen MR) is 95.4 cm³/mol. The maximum absolute atomic E-state index is 11.7. The number of hydrazone groups is 1. The van der Waals surface area contributed by atoms with E-state index in [0.717, 1.165) is 17.0 Å². The lowest BCUT2D eigenvalue weighted by Gasteiger charge is -2.06. The fourth-order valence-electron chi connectivity index (χ4n) is 1.80. The summed E-state index contributed by atoms with van der Waals surface area (Å²) in [7, 11) is 1.61. The van der Waals surface area contributed by atoms with Gasteiger partial charge in [-0.15, -0.1) is 11.8 Å². The van der Waals surface area contributed by atoms with Crippen LogP contribution in [-0.4, -0.2) is 32.0 Å². The van der Waals surface area contributed by atoms with Crippen LogP contribution in [0.3, 0.4) is 0 Å². The number of nitrogens with zero attached hydrogens (tertiary/aromatic N) is 1. The van der Waals surface area contributed by atoms with Gasteiger partial charge in [0.25, 0.3) is 5.91 Å². The molecule has 0 radical (unpaired) electrons. The minimum absolute atomic E-state index is 0.148. The average Bonchev–Trinajstić information content (AvgIpc) is 2.61. The van der Waals surface area contributed by atoms with Crippen molar-refractivity contribution in [1.29, 1.82) is 0 Å². The minimum Gasteiger partial charge on any atom is -0.497 e. The number of amides is 1. The highest BCUT2D eigenvalue weighted by Crippen LogP contribution is 2.15. The molecular formula is C17H19N3O2S. The summed E-state index contributed by atoms with van der Waals surface area (Å²) in [5.41, 5.74) is 4.27. The summed E-state index contributed by atoms with van der Waals surface area (Å²) in [6.45, 7) is 0.148. The zero-order chi connectivity index (χ0) is 16.5. The maximum atomic E-state index is 11.7. The lowest BCUT2D eigenvalue weighted by Crippen LogP contribution is -2.25. The van der Waals surface area contributed by atoms with E-state index in [0.29, 0.717) is 0 Å². The number of anilines is 1. The molecule has 0 bridgehead atoms. The zero-order valence-electron chi connectivity index (χ0n) is 13.1. The second-order valence-electron chi connectivity index (χ2n) is 4.65. The topological polar surface area (TPSA) is 62.7 Å². The number of rotatable bonds is 7. The highest BCUT2D eigenvalue weighted by atomic mass is 32.2. The number of ether oxygens (including phenoxy) is 1. The Morgan fingerprint density at radius 2 is 1.87 bits per heavy atom. The van der Waals surface area contributed by atoms with Crippen LogP contribution in [0.1, 0.15) is 5.56 Å². The van der Waals surface area contributed by atoms with Crippen LogP contribution >= 0.6 is 11.8 Å². The molecule has 2 aromatic rings. The van der Waals surface area contributed by atoms with E-state index in [4.69, 9.17) is 4.74 Å². The van der Waals surface area contributed by atoms with Crippen molar-refractivity contribution >= 4 is 29.6 Å². The van der Waals surface area contributed by atoms with Crippen molar-refractivity contribution in [2.24, 2.45) is 5.10 Å². The summed E-state index contributed by atoms with van der Waals surface area (Å²) in [4.78, 5) is 12.9. The second-order valence-corrected chi connectivity index (χ2v) is 5.53. The van der Waals surface area contributed by atoms with Gasteiger partial charge in [-0.1, -0.05) is 12.1 Å². The SMILES string of the molecule is COc1ccc(NCC(=O)N/N=C\c2ccc(SC)cc2)cc1. The first-order valence-electron chi connectivity index (χ1n) is 7.05. The van der Waals surface area contributed by atoms with Gasteiger partial charge in [0.15, 0.2) is 0 Å². The van der Waals surface area contributed by atoms with Crippen molar-refractivity contribution in [1.82, 2.24) is 5.43 Å². The molecule has 0 heterocycles. The van der Waals surface area contributed by atoms with Gasteiger partial charge in [0.05, 0.1) is 19.9 Å². The molecule has 0 aromatic heterocycles. The Morgan fingerprint density at radius 1 is 1.17 bits per heavy atom. The molecule has 5 nitrogen and oxygen atoms in total. The fraction of sp³-hybridized carbons (Fsp3) is 0.176. The first kappa shape index (κ1) is 16.9. The molecule has 0 aliphatic carbocycles. The summed E-state index contributed by atoms with van der Waals surface area (Å²) < 4.78 is 5.08. The fourth-order valence-corrected chi connectivity index (χ4v) is 2.21. The summed E-state index contributed by atoms with van der Waals surface area (Å²) in [5, 5.41) is 6.96. The summed E-state index contributed by atoms with van der Waals surface area (Å²) >= 11 is 1.68. The molecule has 2 rings (SSSR count). The van der Waals surface area contributed by atoms with Gasteiger partial charge in [-0.05, 0) is 48.2 Å². The minimum atomic E-state index is -0.210. The Bertz CT molecular complexity index is 655. The van der Waals surface area contributed by atoms with Gasteiger partial charge in [-0.25, -0.2) is 5.43 Å². The van der Waals surface area contributed by atoms with Gasteiger partial charge >= 0.3 is 0 Å². The number of carbonyl (C=O) groups is 1. The van der Waals surface area contributed by atoms with Crippen molar-refractivity contribution in [3.8, 4) is 5.75 Å². The van der Waals surface area contributed by atoms with E-state index in [2.05, 4.69) is 15.8 Å². The number of carbonyl (C=O) groups excluding carboxylic acids is 1. The molecule has 2 N–H and O–H groups in total. The van der Waals surface area contributed by atoms with Gasteiger partial charge in [-0.2, -0.15) is 5.10 Å². The predicted octanol–water partition coefficient (Wildman–Crippen LogP) is 2.98. The quantitative estimate of drug-likeness (QED) is 0.466. The summed E-state index contributed by atoms with van der Waals surface area (Å²) in [6.07, 6.45) is 3.65. The van der Waals surface area contributed by atoms with E-state index in [1.807, 2.05) is 54.8 Å². The molecule has 0 atom stereocenters. The van der Waals surface area contributed by atoms with Crippen molar-refractivity contribution in [3.05, 3.63) is 54.1 Å². The molecule has 0 aliphatic rings. The largest absolute Gasteiger partial charge is 0.497 e. The lowest BCUT2D eigenvalue weighted by molar-refractivity contribution is -0.119. The van der Waals surface area contributed by atoms with Crippen molar-refractivity contribution < 1.29 is 9.53 Å². The third-order valence-corrected chi connectivity index (χ3v) is 3.81. The van der Waals surface area contributed by atoms with Crippen LogP contribution in [0.15, 0.2) is 58.5 Å². The molecule has 1 amide bonds. The molecule has 120 valence electrons. The van der Waals surface area contributed by atoms with Gasteiger partial charge in [0.2, 0.25) is 0 Å². The van der Waals surface area contributed by atoms with E-state index in [9.17, 15) is 4.79 Å². The average molecular weight is 329 g/mol. The zero-order valence-corrected chi connectivity index (χ0v) is 13.9. The Hall–Kier alpha value is -2.47. The number of thioether (sulfide) groups is 1. The summed E-state index contributed by atoms with van der Waals surface area (Å²) in [5.74, 6) is 0.565.